The van der Waals surface area contributed by atoms with Crippen molar-refractivity contribution in [1.82, 2.24) is 9.62 Å². The van der Waals surface area contributed by atoms with Crippen molar-refractivity contribution in [2.24, 2.45) is 0 Å². The first-order valence-corrected chi connectivity index (χ1v) is 12.2. The highest BCUT2D eigenvalue weighted by atomic mass is 35.5. The van der Waals surface area contributed by atoms with Crippen molar-refractivity contribution in [2.45, 2.75) is 50.3 Å². The summed E-state index contributed by atoms with van der Waals surface area (Å²) in [5.41, 5.74) is 1.65. The van der Waals surface area contributed by atoms with Crippen LogP contribution in [0, 0.1) is 6.92 Å². The van der Waals surface area contributed by atoms with E-state index in [0.29, 0.717) is 34.9 Å². The first-order valence-electron chi connectivity index (χ1n) is 10.3. The molecular weight excluding hydrogens is 454 g/mol. The third-order valence-corrected chi connectivity index (χ3v) is 8.13. The summed E-state index contributed by atoms with van der Waals surface area (Å²) in [6.45, 7) is 3.70. The van der Waals surface area contributed by atoms with Gasteiger partial charge in [-0.2, -0.15) is 4.31 Å². The van der Waals surface area contributed by atoms with Gasteiger partial charge >= 0.3 is 0 Å². The molecule has 0 radical (unpaired) electrons. The van der Waals surface area contributed by atoms with Crippen LogP contribution in [0.15, 0.2) is 41.3 Å². The molecule has 2 atom stereocenters. The van der Waals surface area contributed by atoms with Crippen LogP contribution in [0.5, 0.6) is 5.75 Å². The summed E-state index contributed by atoms with van der Waals surface area (Å²) < 4.78 is 33.9. The molecule has 10 heteroatoms. The first kappa shape index (κ1) is 22.6. The molecule has 0 aliphatic carbocycles. The molecule has 0 unspecified atom stereocenters. The number of hydrogen-bond acceptors (Lipinski definition) is 5. The number of hydrogen-bond donors (Lipinski definition) is 2. The highest BCUT2D eigenvalue weighted by molar-refractivity contribution is 7.89. The molecule has 2 aromatic rings. The Morgan fingerprint density at radius 1 is 1.31 bits per heavy atom. The van der Waals surface area contributed by atoms with Crippen LogP contribution in [-0.4, -0.2) is 43.2 Å². The zero-order chi connectivity index (χ0) is 23.0. The SMILES string of the molecule is Cc1cc2c(cc1S(=O)(=O)N1CCC[C@H]1C(=O)NCc1ccccc1Cl)O[C@@H](C)C(=O)N2. The van der Waals surface area contributed by atoms with Crippen LogP contribution in [-0.2, 0) is 26.2 Å². The number of carbonyl (C=O) groups is 2. The molecule has 2 aromatic carbocycles. The number of benzene rings is 2. The molecule has 1 saturated heterocycles. The smallest absolute Gasteiger partial charge is 0.265 e. The van der Waals surface area contributed by atoms with E-state index < -0.39 is 22.2 Å². The van der Waals surface area contributed by atoms with Gasteiger partial charge < -0.3 is 15.4 Å². The fourth-order valence-corrected chi connectivity index (χ4v) is 6.06. The van der Waals surface area contributed by atoms with Crippen molar-refractivity contribution in [2.75, 3.05) is 11.9 Å². The molecular formula is C22H24ClN3O5S. The third-order valence-electron chi connectivity index (χ3n) is 5.71. The standard InChI is InChI=1S/C22H24ClN3O5S/c1-13-10-17-19(31-14(2)21(27)25-17)11-20(13)32(29,30)26-9-5-8-18(26)22(28)24-12-15-6-3-4-7-16(15)23/h3-4,6-7,10-11,14,18H,5,8-9,12H2,1-2H3,(H,24,28)(H,25,27)/t14-,18-/m0/s1. The predicted molar refractivity (Wildman–Crippen MR) is 120 cm³/mol. The third kappa shape index (κ3) is 4.20. The molecule has 170 valence electrons. The van der Waals surface area contributed by atoms with Gasteiger partial charge in [-0.3, -0.25) is 9.59 Å². The highest BCUT2D eigenvalue weighted by Gasteiger charge is 2.40. The lowest BCUT2D eigenvalue weighted by Crippen LogP contribution is -2.45. The Hall–Kier alpha value is -2.62. The quantitative estimate of drug-likeness (QED) is 0.689. The Kier molecular flexibility index (Phi) is 6.15. The van der Waals surface area contributed by atoms with E-state index in [1.165, 1.54) is 10.4 Å². The number of sulfonamides is 1. The fraction of sp³-hybridized carbons (Fsp3) is 0.364. The normalized spacial score (nSPS) is 20.9. The molecule has 0 bridgehead atoms. The van der Waals surface area contributed by atoms with Crippen molar-refractivity contribution in [3.63, 3.8) is 0 Å². The molecule has 32 heavy (non-hydrogen) atoms. The van der Waals surface area contributed by atoms with Gasteiger partial charge in [0.05, 0.1) is 10.6 Å². The Morgan fingerprint density at radius 2 is 2.06 bits per heavy atom. The Balaban J connectivity index is 1.57. The lowest BCUT2D eigenvalue weighted by molar-refractivity contribution is -0.124. The van der Waals surface area contributed by atoms with Gasteiger partial charge in [0.2, 0.25) is 15.9 Å². The van der Waals surface area contributed by atoms with Crippen LogP contribution < -0.4 is 15.4 Å². The second-order valence-electron chi connectivity index (χ2n) is 7.95. The predicted octanol–water partition coefficient (Wildman–Crippen LogP) is 2.84. The summed E-state index contributed by atoms with van der Waals surface area (Å²) in [7, 11) is -3.97. The van der Waals surface area contributed by atoms with E-state index in [0.717, 1.165) is 5.56 Å². The molecule has 0 saturated carbocycles. The van der Waals surface area contributed by atoms with Gasteiger partial charge in [0.25, 0.3) is 5.91 Å². The van der Waals surface area contributed by atoms with Gasteiger partial charge in [-0.25, -0.2) is 8.42 Å². The number of amides is 2. The molecule has 2 amide bonds. The maximum atomic E-state index is 13.5. The van der Waals surface area contributed by atoms with E-state index in [9.17, 15) is 18.0 Å². The van der Waals surface area contributed by atoms with Crippen LogP contribution in [0.4, 0.5) is 5.69 Å². The Morgan fingerprint density at radius 3 is 2.81 bits per heavy atom. The molecule has 2 aliphatic rings. The molecule has 1 fully saturated rings. The lowest BCUT2D eigenvalue weighted by atomic mass is 10.1. The number of halogens is 1. The van der Waals surface area contributed by atoms with Crippen molar-refractivity contribution < 1.29 is 22.7 Å². The summed E-state index contributed by atoms with van der Waals surface area (Å²) >= 11 is 6.15. The van der Waals surface area contributed by atoms with E-state index in [-0.39, 0.29) is 29.8 Å². The van der Waals surface area contributed by atoms with Crippen molar-refractivity contribution in [3.05, 3.63) is 52.5 Å². The Bertz CT molecular complexity index is 1180. The number of ether oxygens (including phenoxy) is 1. The molecule has 4 rings (SSSR count). The number of rotatable bonds is 5. The fourth-order valence-electron chi connectivity index (χ4n) is 3.98. The average molecular weight is 478 g/mol. The number of aryl methyl sites for hydroxylation is 1. The number of fused-ring (bicyclic) bond motifs is 1. The first-order chi connectivity index (χ1) is 15.2. The number of carbonyl (C=O) groups excluding carboxylic acids is 2. The van der Waals surface area contributed by atoms with Crippen molar-refractivity contribution >= 4 is 39.1 Å². The van der Waals surface area contributed by atoms with E-state index in [2.05, 4.69) is 10.6 Å². The van der Waals surface area contributed by atoms with Crippen molar-refractivity contribution in [1.29, 1.82) is 0 Å². The largest absolute Gasteiger partial charge is 0.479 e. The number of nitrogens with one attached hydrogen (secondary N) is 2. The van der Waals surface area contributed by atoms with Gasteiger partial charge in [0, 0.05) is 24.2 Å². The lowest BCUT2D eigenvalue weighted by Gasteiger charge is -2.27. The summed E-state index contributed by atoms with van der Waals surface area (Å²) in [5, 5.41) is 6.06. The van der Waals surface area contributed by atoms with Crippen LogP contribution in [0.3, 0.4) is 0 Å². The van der Waals surface area contributed by atoms with Crippen LogP contribution in [0.25, 0.3) is 0 Å². The molecule has 2 heterocycles. The minimum Gasteiger partial charge on any atom is -0.479 e. The van der Waals surface area contributed by atoms with Gasteiger partial charge in [-0.15, -0.1) is 0 Å². The summed E-state index contributed by atoms with van der Waals surface area (Å²) in [6.07, 6.45) is 0.286. The average Bonchev–Trinajstić information content (AvgIpc) is 3.25. The maximum Gasteiger partial charge on any atom is 0.265 e. The zero-order valence-corrected chi connectivity index (χ0v) is 19.3. The van der Waals surface area contributed by atoms with Gasteiger partial charge in [-0.05, 0) is 49.9 Å². The molecule has 0 aromatic heterocycles. The second kappa shape index (κ2) is 8.73. The molecule has 2 aliphatic heterocycles. The van der Waals surface area contributed by atoms with Gasteiger partial charge in [0.1, 0.15) is 11.8 Å². The highest BCUT2D eigenvalue weighted by Crippen LogP contribution is 2.37. The van der Waals surface area contributed by atoms with Gasteiger partial charge in [-0.1, -0.05) is 29.8 Å². The monoisotopic (exact) mass is 477 g/mol. The zero-order valence-electron chi connectivity index (χ0n) is 17.7. The summed E-state index contributed by atoms with van der Waals surface area (Å²) in [5.74, 6) is -0.360. The molecule has 2 N–H and O–H groups in total. The topological polar surface area (TPSA) is 105 Å². The number of anilines is 1. The number of nitrogens with zero attached hydrogens (tertiary/aromatic N) is 1. The minimum atomic E-state index is -3.97. The molecule has 8 nitrogen and oxygen atoms in total. The molecule has 0 spiro atoms. The van der Waals surface area contributed by atoms with E-state index in [1.807, 2.05) is 12.1 Å². The van der Waals surface area contributed by atoms with Crippen LogP contribution in [0.1, 0.15) is 30.9 Å². The summed E-state index contributed by atoms with van der Waals surface area (Å²) in [4.78, 5) is 24.8. The van der Waals surface area contributed by atoms with Crippen molar-refractivity contribution in [3.8, 4) is 5.75 Å². The van der Waals surface area contributed by atoms with Gasteiger partial charge in [0.15, 0.2) is 6.10 Å². The maximum absolute atomic E-state index is 13.5. The van der Waals surface area contributed by atoms with E-state index in [4.69, 9.17) is 16.3 Å². The van der Waals surface area contributed by atoms with E-state index >= 15 is 0 Å². The van der Waals surface area contributed by atoms with E-state index in [1.54, 1.807) is 32.0 Å². The minimum absolute atomic E-state index is 0.0606. The van der Waals surface area contributed by atoms with Crippen LogP contribution >= 0.6 is 11.6 Å². The Labute approximate surface area is 191 Å². The van der Waals surface area contributed by atoms with Crippen LogP contribution in [0.2, 0.25) is 5.02 Å². The second-order valence-corrected chi connectivity index (χ2v) is 10.2. The summed E-state index contributed by atoms with van der Waals surface area (Å²) in [6, 6.07) is 9.36.